The molecule has 0 aromatic carbocycles. The van der Waals surface area contributed by atoms with Crippen molar-refractivity contribution in [2.45, 2.75) is 6.42 Å². The van der Waals surface area contributed by atoms with Crippen molar-refractivity contribution in [2.24, 2.45) is 10.7 Å². The zero-order valence-electron chi connectivity index (χ0n) is 5.50. The van der Waals surface area contributed by atoms with Gasteiger partial charge in [0, 0.05) is 12.7 Å². The molecule has 4 nitrogen and oxygen atoms in total. The summed E-state index contributed by atoms with van der Waals surface area (Å²) in [4.78, 5) is 14.2. The number of carbonyl (C=O) groups is 1. The van der Waals surface area contributed by atoms with Crippen molar-refractivity contribution in [3.05, 3.63) is 12.3 Å². The molecule has 0 spiro atoms. The van der Waals surface area contributed by atoms with Crippen LogP contribution in [0.25, 0.3) is 0 Å². The minimum atomic E-state index is -0.360. The Balaban J connectivity index is 2.47. The Labute approximate surface area is 58.8 Å². The number of aliphatic imine (C=N–C) groups is 1. The molecule has 4 heteroatoms. The third-order valence-electron chi connectivity index (χ3n) is 1.10. The van der Waals surface area contributed by atoms with Crippen LogP contribution < -0.4 is 11.1 Å². The maximum absolute atomic E-state index is 10.3. The minimum Gasteiger partial charge on any atom is -0.370 e. The first-order valence-electron chi connectivity index (χ1n) is 3.03. The number of primary amides is 1. The van der Waals surface area contributed by atoms with E-state index in [2.05, 4.69) is 10.3 Å². The average Bonchev–Trinajstić information content (AvgIpc) is 1.88. The highest BCUT2D eigenvalue weighted by molar-refractivity contribution is 5.99. The van der Waals surface area contributed by atoms with Gasteiger partial charge in [-0.1, -0.05) is 0 Å². The molecule has 54 valence electrons. The van der Waals surface area contributed by atoms with Crippen molar-refractivity contribution < 1.29 is 4.79 Å². The molecule has 0 aromatic rings. The van der Waals surface area contributed by atoms with Crippen LogP contribution in [0.2, 0.25) is 0 Å². The molecule has 1 rings (SSSR count). The molecule has 3 N–H and O–H groups in total. The van der Waals surface area contributed by atoms with Crippen molar-refractivity contribution in [3.63, 3.8) is 0 Å². The molecular weight excluding hydrogens is 130 g/mol. The average molecular weight is 139 g/mol. The third-order valence-corrected chi connectivity index (χ3v) is 1.10. The number of nitrogens with one attached hydrogen (secondary N) is 1. The van der Waals surface area contributed by atoms with Gasteiger partial charge in [0.1, 0.15) is 5.84 Å². The highest BCUT2D eigenvalue weighted by Crippen LogP contribution is 1.89. The predicted octanol–water partition coefficient (Wildman–Crippen LogP) is -0.623. The second kappa shape index (κ2) is 3.00. The van der Waals surface area contributed by atoms with Gasteiger partial charge in [0.25, 0.3) is 0 Å². The Hall–Kier alpha value is -1.32. The van der Waals surface area contributed by atoms with Gasteiger partial charge in [-0.3, -0.25) is 4.79 Å². The fourth-order valence-corrected chi connectivity index (χ4v) is 0.691. The number of nitrogens with two attached hydrogens (primary N) is 1. The van der Waals surface area contributed by atoms with Gasteiger partial charge in [-0.15, -0.1) is 0 Å². The van der Waals surface area contributed by atoms with Crippen LogP contribution in [0.3, 0.4) is 0 Å². The van der Waals surface area contributed by atoms with E-state index >= 15 is 0 Å². The van der Waals surface area contributed by atoms with Gasteiger partial charge < -0.3 is 11.1 Å². The van der Waals surface area contributed by atoms with Crippen LogP contribution in [0.1, 0.15) is 6.42 Å². The van der Waals surface area contributed by atoms with Crippen LogP contribution in [0.4, 0.5) is 0 Å². The number of hydrogen-bond acceptors (Lipinski definition) is 3. The molecule has 0 aliphatic carbocycles. The molecule has 1 heterocycles. The third kappa shape index (κ3) is 1.89. The Morgan fingerprint density at radius 2 is 2.70 bits per heavy atom. The van der Waals surface area contributed by atoms with E-state index in [1.54, 1.807) is 6.20 Å². The van der Waals surface area contributed by atoms with Gasteiger partial charge >= 0.3 is 0 Å². The van der Waals surface area contributed by atoms with E-state index in [1.165, 1.54) is 0 Å². The lowest BCUT2D eigenvalue weighted by Crippen LogP contribution is -2.30. The predicted molar refractivity (Wildman–Crippen MR) is 38.4 cm³/mol. The quantitative estimate of drug-likeness (QED) is 0.535. The first-order chi connectivity index (χ1) is 4.79. The summed E-state index contributed by atoms with van der Waals surface area (Å²) >= 11 is 0. The van der Waals surface area contributed by atoms with E-state index in [9.17, 15) is 4.79 Å². The lowest BCUT2D eigenvalue weighted by molar-refractivity contribution is -0.116. The Bertz CT molecular complexity index is 195. The largest absolute Gasteiger partial charge is 0.370 e. The maximum Gasteiger partial charge on any atom is 0.224 e. The molecule has 0 saturated heterocycles. The fourth-order valence-electron chi connectivity index (χ4n) is 0.691. The van der Waals surface area contributed by atoms with E-state index in [-0.39, 0.29) is 12.3 Å². The number of carbonyl (C=O) groups excluding carboxylic acids is 1. The zero-order chi connectivity index (χ0) is 7.40. The van der Waals surface area contributed by atoms with Gasteiger partial charge in [0.05, 0.1) is 6.42 Å². The topological polar surface area (TPSA) is 67.5 Å². The van der Waals surface area contributed by atoms with Gasteiger partial charge in [0.2, 0.25) is 5.91 Å². The van der Waals surface area contributed by atoms with Gasteiger partial charge in [-0.05, 0) is 6.08 Å². The molecule has 0 fully saturated rings. The molecule has 0 saturated carbocycles. The standard InChI is InChI=1S/C6H9N3O/c7-5(10)4-6-8-2-1-3-9-6/h1-2H,3-4H2,(H2,7,10)(H,8,9). The summed E-state index contributed by atoms with van der Waals surface area (Å²) in [5.41, 5.74) is 4.94. The SMILES string of the molecule is NC(=O)CC1=NC=CCN1. The van der Waals surface area contributed by atoms with Crippen LogP contribution in [0, 0.1) is 0 Å². The fraction of sp³-hybridized carbons (Fsp3) is 0.333. The van der Waals surface area contributed by atoms with Crippen LogP contribution in [-0.4, -0.2) is 18.3 Å². The maximum atomic E-state index is 10.3. The number of hydrogen-bond donors (Lipinski definition) is 2. The Morgan fingerprint density at radius 1 is 1.90 bits per heavy atom. The Kier molecular flexibility index (Phi) is 2.04. The highest BCUT2D eigenvalue weighted by atomic mass is 16.1. The van der Waals surface area contributed by atoms with Gasteiger partial charge in [-0.2, -0.15) is 0 Å². The van der Waals surface area contributed by atoms with E-state index in [0.29, 0.717) is 5.84 Å². The first-order valence-corrected chi connectivity index (χ1v) is 3.03. The summed E-state index contributed by atoms with van der Waals surface area (Å²) in [6.45, 7) is 0.728. The van der Waals surface area contributed by atoms with Gasteiger partial charge in [-0.25, -0.2) is 4.99 Å². The molecule has 1 amide bonds. The van der Waals surface area contributed by atoms with Crippen LogP contribution in [-0.2, 0) is 4.79 Å². The molecule has 1 aliphatic heterocycles. The van der Waals surface area contributed by atoms with Crippen LogP contribution in [0.15, 0.2) is 17.3 Å². The van der Waals surface area contributed by atoms with Crippen molar-refractivity contribution in [2.75, 3.05) is 6.54 Å². The molecule has 0 atom stereocenters. The molecule has 0 bridgehead atoms. The van der Waals surface area contributed by atoms with Crippen LogP contribution >= 0.6 is 0 Å². The number of rotatable bonds is 2. The molecule has 1 aliphatic rings. The summed E-state index contributed by atoms with van der Waals surface area (Å²) in [6, 6.07) is 0. The molecular formula is C6H9N3O. The summed E-state index contributed by atoms with van der Waals surface area (Å²) in [6.07, 6.45) is 3.73. The number of amidine groups is 1. The number of amides is 1. The zero-order valence-corrected chi connectivity index (χ0v) is 5.50. The van der Waals surface area contributed by atoms with Crippen molar-refractivity contribution in [1.29, 1.82) is 0 Å². The number of nitrogens with zero attached hydrogens (tertiary/aromatic N) is 1. The lowest BCUT2D eigenvalue weighted by atomic mass is 10.3. The van der Waals surface area contributed by atoms with Gasteiger partial charge in [0.15, 0.2) is 0 Å². The Morgan fingerprint density at radius 3 is 3.20 bits per heavy atom. The first kappa shape index (κ1) is 6.80. The van der Waals surface area contributed by atoms with Crippen molar-refractivity contribution >= 4 is 11.7 Å². The molecule has 0 unspecified atom stereocenters. The van der Waals surface area contributed by atoms with Crippen molar-refractivity contribution in [3.8, 4) is 0 Å². The summed E-state index contributed by atoms with van der Waals surface area (Å²) in [5, 5.41) is 2.91. The highest BCUT2D eigenvalue weighted by Gasteiger charge is 2.02. The summed E-state index contributed by atoms with van der Waals surface area (Å²) in [5.74, 6) is 0.288. The van der Waals surface area contributed by atoms with Crippen LogP contribution in [0.5, 0.6) is 0 Å². The summed E-state index contributed by atoms with van der Waals surface area (Å²) < 4.78 is 0. The second-order valence-corrected chi connectivity index (χ2v) is 1.98. The van der Waals surface area contributed by atoms with Crippen molar-refractivity contribution in [1.82, 2.24) is 5.32 Å². The molecule has 0 radical (unpaired) electrons. The lowest BCUT2D eigenvalue weighted by Gasteiger charge is -2.07. The van der Waals surface area contributed by atoms with E-state index in [0.717, 1.165) is 6.54 Å². The second-order valence-electron chi connectivity index (χ2n) is 1.98. The smallest absolute Gasteiger partial charge is 0.224 e. The van der Waals surface area contributed by atoms with E-state index < -0.39 is 0 Å². The summed E-state index contributed by atoms with van der Waals surface area (Å²) in [7, 11) is 0. The van der Waals surface area contributed by atoms with E-state index in [1.807, 2.05) is 6.08 Å². The minimum absolute atomic E-state index is 0.199. The molecule has 0 aromatic heterocycles. The molecule has 10 heavy (non-hydrogen) atoms. The van der Waals surface area contributed by atoms with E-state index in [4.69, 9.17) is 5.73 Å². The monoisotopic (exact) mass is 139 g/mol. The normalized spacial score (nSPS) is 15.8.